The van der Waals surface area contributed by atoms with Gasteiger partial charge in [-0.15, -0.1) is 0 Å². The molecule has 0 amide bonds. The van der Waals surface area contributed by atoms with Crippen molar-refractivity contribution >= 4 is 0 Å². The molecule has 0 aliphatic heterocycles. The highest BCUT2D eigenvalue weighted by Crippen LogP contribution is 2.30. The Morgan fingerprint density at radius 2 is 2.05 bits per heavy atom. The Labute approximate surface area is 123 Å². The molecule has 1 saturated carbocycles. The van der Waals surface area contributed by atoms with Gasteiger partial charge in [0.2, 0.25) is 5.89 Å². The number of rotatable bonds is 5. The third-order valence-electron chi connectivity index (χ3n) is 4.17. The topological polar surface area (TPSA) is 58.3 Å². The van der Waals surface area contributed by atoms with Crippen LogP contribution in [0.25, 0.3) is 11.3 Å². The summed E-state index contributed by atoms with van der Waals surface area (Å²) in [6.07, 6.45) is 5.71. The van der Waals surface area contributed by atoms with Gasteiger partial charge < -0.3 is 14.8 Å². The number of hydrogen-bond donors (Lipinski definition) is 2. The SMILES string of the molecule is OCC1(NCc2ncc(-c3ccccc3F)o2)CCCC1. The van der Waals surface area contributed by atoms with Crippen molar-refractivity contribution in [2.75, 3.05) is 6.61 Å². The van der Waals surface area contributed by atoms with Crippen molar-refractivity contribution in [1.29, 1.82) is 0 Å². The first-order valence-electron chi connectivity index (χ1n) is 7.28. The minimum Gasteiger partial charge on any atom is -0.439 e. The van der Waals surface area contributed by atoms with E-state index in [2.05, 4.69) is 10.3 Å². The van der Waals surface area contributed by atoms with E-state index in [4.69, 9.17) is 4.42 Å². The van der Waals surface area contributed by atoms with E-state index in [1.165, 1.54) is 12.3 Å². The average Bonchev–Trinajstić information content (AvgIpc) is 3.16. The molecule has 1 heterocycles. The minimum absolute atomic E-state index is 0.119. The van der Waals surface area contributed by atoms with Crippen LogP contribution < -0.4 is 5.32 Å². The standard InChI is InChI=1S/C16H19FN2O2/c17-13-6-2-1-5-12(13)14-9-18-15(21-14)10-19-16(11-20)7-3-4-8-16/h1-2,5-6,9,19-20H,3-4,7-8,10-11H2. The van der Waals surface area contributed by atoms with Crippen LogP contribution in [0.4, 0.5) is 4.39 Å². The lowest BCUT2D eigenvalue weighted by Crippen LogP contribution is -2.45. The molecule has 0 unspecified atom stereocenters. The lowest BCUT2D eigenvalue weighted by Gasteiger charge is -2.27. The molecule has 2 N–H and O–H groups in total. The maximum atomic E-state index is 13.7. The van der Waals surface area contributed by atoms with E-state index in [-0.39, 0.29) is 18.0 Å². The van der Waals surface area contributed by atoms with Gasteiger partial charge in [-0.1, -0.05) is 25.0 Å². The van der Waals surface area contributed by atoms with E-state index in [0.717, 1.165) is 25.7 Å². The Kier molecular flexibility index (Phi) is 4.03. The highest BCUT2D eigenvalue weighted by molar-refractivity contribution is 5.56. The van der Waals surface area contributed by atoms with Crippen molar-refractivity contribution in [2.24, 2.45) is 0 Å². The van der Waals surface area contributed by atoms with Crippen molar-refractivity contribution in [1.82, 2.24) is 10.3 Å². The Bertz CT molecular complexity index is 606. The zero-order valence-corrected chi connectivity index (χ0v) is 11.8. The first-order chi connectivity index (χ1) is 10.2. The molecule has 3 rings (SSSR count). The number of halogens is 1. The summed E-state index contributed by atoms with van der Waals surface area (Å²) in [6, 6.07) is 6.47. The van der Waals surface area contributed by atoms with Gasteiger partial charge in [0, 0.05) is 5.54 Å². The molecule has 0 spiro atoms. The lowest BCUT2D eigenvalue weighted by atomic mass is 9.99. The van der Waals surface area contributed by atoms with Crippen LogP contribution in [0.1, 0.15) is 31.6 Å². The third kappa shape index (κ3) is 2.99. The van der Waals surface area contributed by atoms with E-state index in [9.17, 15) is 9.50 Å². The number of hydrogen-bond acceptors (Lipinski definition) is 4. The van der Waals surface area contributed by atoms with Gasteiger partial charge in [0.1, 0.15) is 5.82 Å². The van der Waals surface area contributed by atoms with Crippen molar-refractivity contribution in [3.63, 3.8) is 0 Å². The molecule has 0 radical (unpaired) electrons. The highest BCUT2D eigenvalue weighted by atomic mass is 19.1. The smallest absolute Gasteiger partial charge is 0.208 e. The van der Waals surface area contributed by atoms with E-state index in [0.29, 0.717) is 23.8 Å². The van der Waals surface area contributed by atoms with Crippen LogP contribution in [0.2, 0.25) is 0 Å². The van der Waals surface area contributed by atoms with Crippen LogP contribution in [-0.2, 0) is 6.54 Å². The second-order valence-electron chi connectivity index (χ2n) is 5.60. The Hall–Kier alpha value is -1.72. The first kappa shape index (κ1) is 14.2. The fourth-order valence-corrected chi connectivity index (χ4v) is 2.88. The van der Waals surface area contributed by atoms with Crippen molar-refractivity contribution < 1.29 is 13.9 Å². The normalized spacial score (nSPS) is 17.2. The third-order valence-corrected chi connectivity index (χ3v) is 4.17. The van der Waals surface area contributed by atoms with Crippen LogP contribution in [0, 0.1) is 5.82 Å². The summed E-state index contributed by atoms with van der Waals surface area (Å²) >= 11 is 0. The molecule has 2 aromatic rings. The Balaban J connectivity index is 1.70. The van der Waals surface area contributed by atoms with Crippen LogP contribution in [0.5, 0.6) is 0 Å². The van der Waals surface area contributed by atoms with Crippen molar-refractivity contribution in [3.8, 4) is 11.3 Å². The van der Waals surface area contributed by atoms with Gasteiger partial charge in [0.25, 0.3) is 0 Å². The number of nitrogens with one attached hydrogen (secondary N) is 1. The number of aliphatic hydroxyl groups is 1. The maximum Gasteiger partial charge on any atom is 0.208 e. The maximum absolute atomic E-state index is 13.7. The van der Waals surface area contributed by atoms with Crippen molar-refractivity contribution in [3.05, 3.63) is 42.2 Å². The summed E-state index contributed by atoms with van der Waals surface area (Å²) in [5, 5.41) is 12.9. The molecule has 1 aromatic carbocycles. The fourth-order valence-electron chi connectivity index (χ4n) is 2.88. The van der Waals surface area contributed by atoms with Gasteiger partial charge in [0.05, 0.1) is 24.9 Å². The van der Waals surface area contributed by atoms with Gasteiger partial charge >= 0.3 is 0 Å². The van der Waals surface area contributed by atoms with Gasteiger partial charge in [-0.3, -0.25) is 0 Å². The summed E-state index contributed by atoms with van der Waals surface area (Å²) in [4.78, 5) is 4.18. The van der Waals surface area contributed by atoms with E-state index >= 15 is 0 Å². The second kappa shape index (κ2) is 5.95. The first-order valence-corrected chi connectivity index (χ1v) is 7.28. The molecule has 112 valence electrons. The molecule has 1 aliphatic rings. The largest absolute Gasteiger partial charge is 0.439 e. The fraction of sp³-hybridized carbons (Fsp3) is 0.438. The Morgan fingerprint density at radius 3 is 2.76 bits per heavy atom. The number of benzene rings is 1. The molecule has 0 atom stereocenters. The van der Waals surface area contributed by atoms with Gasteiger partial charge in [-0.2, -0.15) is 0 Å². The molecule has 1 aromatic heterocycles. The number of aliphatic hydroxyl groups excluding tert-OH is 1. The summed E-state index contributed by atoms with van der Waals surface area (Å²) in [5.74, 6) is 0.609. The van der Waals surface area contributed by atoms with Crippen LogP contribution in [0.3, 0.4) is 0 Å². The second-order valence-corrected chi connectivity index (χ2v) is 5.60. The Morgan fingerprint density at radius 1 is 1.29 bits per heavy atom. The highest BCUT2D eigenvalue weighted by Gasteiger charge is 2.32. The molecular weight excluding hydrogens is 271 g/mol. The average molecular weight is 290 g/mol. The molecule has 1 aliphatic carbocycles. The van der Waals surface area contributed by atoms with Crippen LogP contribution in [0.15, 0.2) is 34.9 Å². The number of aromatic nitrogens is 1. The summed E-state index contributed by atoms with van der Waals surface area (Å²) in [7, 11) is 0. The van der Waals surface area contributed by atoms with Gasteiger partial charge in [0.15, 0.2) is 5.76 Å². The predicted octanol–water partition coefficient (Wildman–Crippen LogP) is 2.88. The molecule has 0 saturated heterocycles. The van der Waals surface area contributed by atoms with E-state index < -0.39 is 0 Å². The van der Waals surface area contributed by atoms with E-state index in [1.54, 1.807) is 18.2 Å². The summed E-state index contributed by atoms with van der Waals surface area (Å²) in [6.45, 7) is 0.558. The molecule has 0 bridgehead atoms. The summed E-state index contributed by atoms with van der Waals surface area (Å²) in [5.41, 5.74) is 0.195. The van der Waals surface area contributed by atoms with Gasteiger partial charge in [-0.05, 0) is 25.0 Å². The van der Waals surface area contributed by atoms with Crippen LogP contribution in [-0.4, -0.2) is 22.2 Å². The zero-order chi connectivity index (χ0) is 14.7. The van der Waals surface area contributed by atoms with E-state index in [1.807, 2.05) is 0 Å². The van der Waals surface area contributed by atoms with Crippen LogP contribution >= 0.6 is 0 Å². The molecular formula is C16H19FN2O2. The predicted molar refractivity (Wildman–Crippen MR) is 77.0 cm³/mol. The molecule has 21 heavy (non-hydrogen) atoms. The molecule has 5 heteroatoms. The van der Waals surface area contributed by atoms with Crippen molar-refractivity contribution in [2.45, 2.75) is 37.8 Å². The number of nitrogens with zero attached hydrogens (tertiary/aromatic N) is 1. The number of oxazole rings is 1. The zero-order valence-electron chi connectivity index (χ0n) is 11.8. The van der Waals surface area contributed by atoms with Gasteiger partial charge in [-0.25, -0.2) is 9.37 Å². The monoisotopic (exact) mass is 290 g/mol. The molecule has 4 nitrogen and oxygen atoms in total. The lowest BCUT2D eigenvalue weighted by molar-refractivity contribution is 0.159. The summed E-state index contributed by atoms with van der Waals surface area (Å²) < 4.78 is 19.3. The molecule has 1 fully saturated rings. The quantitative estimate of drug-likeness (QED) is 0.889. The minimum atomic E-state index is -0.323.